The lowest BCUT2D eigenvalue weighted by molar-refractivity contribution is -0.167. The van der Waals surface area contributed by atoms with Crippen molar-refractivity contribution in [1.29, 1.82) is 0 Å². The first-order chi connectivity index (χ1) is 40.5. The zero-order valence-corrected chi connectivity index (χ0v) is 56.3. The summed E-state index contributed by atoms with van der Waals surface area (Å²) in [5.41, 5.74) is 0. The van der Waals surface area contributed by atoms with Gasteiger partial charge in [-0.05, 0) is 19.3 Å². The molecule has 0 aliphatic heterocycles. The van der Waals surface area contributed by atoms with Gasteiger partial charge in [-0.1, -0.05) is 412 Å². The normalized spacial score (nSPS) is 11.9. The molecule has 82 heavy (non-hydrogen) atoms. The van der Waals surface area contributed by atoms with Gasteiger partial charge in [0.2, 0.25) is 0 Å². The minimum Gasteiger partial charge on any atom is -0.462 e. The largest absolute Gasteiger partial charge is 0.462 e. The lowest BCUT2D eigenvalue weighted by Gasteiger charge is -2.18. The second kappa shape index (κ2) is 71.9. The van der Waals surface area contributed by atoms with E-state index in [0.717, 1.165) is 57.8 Å². The summed E-state index contributed by atoms with van der Waals surface area (Å²) < 4.78 is 17.1. The van der Waals surface area contributed by atoms with Crippen LogP contribution in [0, 0.1) is 0 Å². The molecule has 0 aliphatic rings. The lowest BCUT2D eigenvalue weighted by atomic mass is 10.0. The summed E-state index contributed by atoms with van der Waals surface area (Å²) in [6.07, 6.45) is 85.8. The SMILES string of the molecule is CCCCCCCCCCCCCCCCCCCCCCCCCCCCCCC(=O)OCC(COC(=O)CCCCCCCCCCCCCCCCCCC)OC(=O)CCCCCCCCCCCCCCCCCCCCC. The zero-order valence-electron chi connectivity index (χ0n) is 56.3. The van der Waals surface area contributed by atoms with Crippen LogP contribution in [0.3, 0.4) is 0 Å². The molecule has 0 N–H and O–H groups in total. The number of ether oxygens (including phenoxy) is 3. The van der Waals surface area contributed by atoms with Gasteiger partial charge in [0.25, 0.3) is 0 Å². The fourth-order valence-electron chi connectivity index (χ4n) is 12.2. The van der Waals surface area contributed by atoms with Gasteiger partial charge < -0.3 is 14.2 Å². The van der Waals surface area contributed by atoms with Crippen molar-refractivity contribution >= 4 is 17.9 Å². The van der Waals surface area contributed by atoms with Crippen molar-refractivity contribution in [3.05, 3.63) is 0 Å². The summed E-state index contributed by atoms with van der Waals surface area (Å²) in [6.45, 7) is 6.76. The van der Waals surface area contributed by atoms with Gasteiger partial charge in [-0.3, -0.25) is 14.4 Å². The first kappa shape index (κ1) is 80.4. The van der Waals surface area contributed by atoms with Gasteiger partial charge in [-0.25, -0.2) is 0 Å². The minimum absolute atomic E-state index is 0.0598. The second-order valence-corrected chi connectivity index (χ2v) is 26.3. The second-order valence-electron chi connectivity index (χ2n) is 26.3. The zero-order chi connectivity index (χ0) is 59.2. The highest BCUT2D eigenvalue weighted by Crippen LogP contribution is 2.20. The predicted octanol–water partition coefficient (Wildman–Crippen LogP) is 26.2. The van der Waals surface area contributed by atoms with Gasteiger partial charge >= 0.3 is 17.9 Å². The number of hydrogen-bond donors (Lipinski definition) is 0. The monoisotopic (exact) mass is 1160 g/mol. The first-order valence-electron chi connectivity index (χ1n) is 38.0. The van der Waals surface area contributed by atoms with Gasteiger partial charge in [0.15, 0.2) is 6.10 Å². The third kappa shape index (κ3) is 69.2. The molecule has 0 spiro atoms. The van der Waals surface area contributed by atoms with Crippen LogP contribution >= 0.6 is 0 Å². The van der Waals surface area contributed by atoms with E-state index in [1.807, 2.05) is 0 Å². The average molecular weight is 1160 g/mol. The maximum atomic E-state index is 13.0. The average Bonchev–Trinajstić information content (AvgIpc) is 3.47. The van der Waals surface area contributed by atoms with Gasteiger partial charge in [0.1, 0.15) is 13.2 Å². The standard InChI is InChI=1S/C76H148O6/c1-4-7-10-13-16-19-22-25-28-31-33-34-35-36-37-38-39-40-41-43-45-48-51-54-57-60-63-66-69-75(78)81-72-73(71-80-74(77)68-65-62-59-56-53-50-47-44-30-27-24-21-18-15-12-9-6-3)82-76(79)70-67-64-61-58-55-52-49-46-42-32-29-26-23-20-17-14-11-8-5-2/h73H,4-72H2,1-3H3. The number of carbonyl (C=O) groups is 3. The Balaban J connectivity index is 4.19. The van der Waals surface area contributed by atoms with Gasteiger partial charge in [-0.15, -0.1) is 0 Å². The molecule has 0 heterocycles. The van der Waals surface area contributed by atoms with E-state index in [9.17, 15) is 14.4 Å². The fourth-order valence-corrected chi connectivity index (χ4v) is 12.2. The Labute approximate surface area is 514 Å². The minimum atomic E-state index is -0.764. The van der Waals surface area contributed by atoms with Crippen LogP contribution in [0.25, 0.3) is 0 Å². The van der Waals surface area contributed by atoms with E-state index >= 15 is 0 Å². The highest BCUT2D eigenvalue weighted by atomic mass is 16.6. The topological polar surface area (TPSA) is 78.9 Å². The van der Waals surface area contributed by atoms with Crippen molar-refractivity contribution in [2.24, 2.45) is 0 Å². The van der Waals surface area contributed by atoms with E-state index in [1.165, 1.54) is 353 Å². The van der Waals surface area contributed by atoms with Gasteiger partial charge in [0.05, 0.1) is 0 Å². The molecule has 0 aromatic carbocycles. The van der Waals surface area contributed by atoms with Crippen molar-refractivity contribution in [1.82, 2.24) is 0 Å². The molecule has 1 atom stereocenters. The maximum Gasteiger partial charge on any atom is 0.306 e. The summed E-state index contributed by atoms with van der Waals surface area (Å²) in [4.78, 5) is 38.5. The van der Waals surface area contributed by atoms with E-state index in [-0.39, 0.29) is 31.1 Å². The fraction of sp³-hybridized carbons (Fsp3) is 0.961. The van der Waals surface area contributed by atoms with Crippen molar-refractivity contribution in [3.8, 4) is 0 Å². The molecule has 0 aromatic rings. The number of hydrogen-bond acceptors (Lipinski definition) is 6. The highest BCUT2D eigenvalue weighted by molar-refractivity contribution is 5.71. The van der Waals surface area contributed by atoms with E-state index in [2.05, 4.69) is 20.8 Å². The molecule has 0 saturated carbocycles. The van der Waals surface area contributed by atoms with Crippen LogP contribution < -0.4 is 0 Å². The highest BCUT2D eigenvalue weighted by Gasteiger charge is 2.20. The molecule has 0 amide bonds. The molecule has 488 valence electrons. The molecule has 0 saturated heterocycles. The Morgan fingerprint density at radius 2 is 0.329 bits per heavy atom. The van der Waals surface area contributed by atoms with E-state index in [4.69, 9.17) is 14.2 Å². The molecule has 0 radical (unpaired) electrons. The van der Waals surface area contributed by atoms with E-state index in [0.29, 0.717) is 19.3 Å². The Hall–Kier alpha value is -1.59. The molecular weight excluding hydrogens is 1010 g/mol. The van der Waals surface area contributed by atoms with Crippen molar-refractivity contribution < 1.29 is 28.6 Å². The van der Waals surface area contributed by atoms with Crippen LogP contribution in [0.4, 0.5) is 0 Å². The van der Waals surface area contributed by atoms with Gasteiger partial charge in [0, 0.05) is 19.3 Å². The number of carbonyl (C=O) groups excluding carboxylic acids is 3. The van der Waals surface area contributed by atoms with Crippen LogP contribution in [0.1, 0.15) is 451 Å². The van der Waals surface area contributed by atoms with E-state index in [1.54, 1.807) is 0 Å². The summed E-state index contributed by atoms with van der Waals surface area (Å²) in [5.74, 6) is -0.814. The molecular formula is C76H148O6. The van der Waals surface area contributed by atoms with Crippen LogP contribution in [-0.2, 0) is 28.6 Å². The first-order valence-corrected chi connectivity index (χ1v) is 38.0. The Bertz CT molecular complexity index is 1240. The molecule has 0 aliphatic carbocycles. The van der Waals surface area contributed by atoms with Crippen molar-refractivity contribution in [2.45, 2.75) is 457 Å². The molecule has 0 bridgehead atoms. The Kier molecular flexibility index (Phi) is 70.5. The van der Waals surface area contributed by atoms with Gasteiger partial charge in [-0.2, -0.15) is 0 Å². The molecule has 6 heteroatoms. The Morgan fingerprint density at radius 1 is 0.195 bits per heavy atom. The molecule has 0 aromatic heterocycles. The summed E-state index contributed by atoms with van der Waals surface area (Å²) >= 11 is 0. The van der Waals surface area contributed by atoms with Crippen LogP contribution in [0.2, 0.25) is 0 Å². The third-order valence-corrected chi connectivity index (χ3v) is 17.9. The molecule has 0 fully saturated rings. The predicted molar refractivity (Wildman–Crippen MR) is 358 cm³/mol. The van der Waals surface area contributed by atoms with Crippen LogP contribution in [0.15, 0.2) is 0 Å². The summed E-state index contributed by atoms with van der Waals surface area (Å²) in [7, 11) is 0. The van der Waals surface area contributed by atoms with Crippen molar-refractivity contribution in [2.75, 3.05) is 13.2 Å². The lowest BCUT2D eigenvalue weighted by Crippen LogP contribution is -2.30. The maximum absolute atomic E-state index is 13.0. The van der Waals surface area contributed by atoms with Crippen LogP contribution in [0.5, 0.6) is 0 Å². The Morgan fingerprint density at radius 3 is 0.488 bits per heavy atom. The van der Waals surface area contributed by atoms with Crippen molar-refractivity contribution in [3.63, 3.8) is 0 Å². The van der Waals surface area contributed by atoms with E-state index < -0.39 is 6.10 Å². The molecule has 0 rings (SSSR count). The number of rotatable bonds is 72. The molecule has 6 nitrogen and oxygen atoms in total. The third-order valence-electron chi connectivity index (χ3n) is 17.9. The summed E-state index contributed by atoms with van der Waals surface area (Å²) in [5, 5.41) is 0. The smallest absolute Gasteiger partial charge is 0.306 e. The molecule has 1 unspecified atom stereocenters. The number of esters is 3. The van der Waals surface area contributed by atoms with Crippen LogP contribution in [-0.4, -0.2) is 37.2 Å². The summed E-state index contributed by atoms with van der Waals surface area (Å²) in [6, 6.07) is 0. The number of unbranched alkanes of at least 4 members (excludes halogenated alkanes) is 61. The quantitative estimate of drug-likeness (QED) is 0.0343.